The first-order valence-electron chi connectivity index (χ1n) is 9.23. The molecule has 0 aliphatic rings. The molecular formula is C21H16F5N3O4S. The van der Waals surface area contributed by atoms with E-state index in [2.05, 4.69) is 15.0 Å². The Hall–Kier alpha value is -3.74. The van der Waals surface area contributed by atoms with Crippen LogP contribution >= 0.6 is 0 Å². The molecule has 1 heterocycles. The lowest BCUT2D eigenvalue weighted by Gasteiger charge is -2.14. The lowest BCUT2D eigenvalue weighted by Crippen LogP contribution is -2.16. The highest BCUT2D eigenvalue weighted by molar-refractivity contribution is 7.91. The van der Waals surface area contributed by atoms with Crippen LogP contribution in [0.15, 0.2) is 53.6 Å². The van der Waals surface area contributed by atoms with Crippen LogP contribution in [0.4, 0.5) is 27.6 Å². The molecule has 2 aromatic carbocycles. The first kappa shape index (κ1) is 24.9. The Morgan fingerprint density at radius 2 is 1.74 bits per heavy atom. The number of rotatable bonds is 6. The molecule has 34 heavy (non-hydrogen) atoms. The average Bonchev–Trinajstić information content (AvgIpc) is 2.75. The predicted octanol–water partition coefficient (Wildman–Crippen LogP) is 5.47. The molecule has 0 fully saturated rings. The van der Waals surface area contributed by atoms with E-state index in [-0.39, 0.29) is 10.6 Å². The number of pyridine rings is 1. The van der Waals surface area contributed by atoms with Gasteiger partial charge in [-0.25, -0.2) is 22.8 Å². The van der Waals surface area contributed by atoms with Crippen LogP contribution in [0.25, 0.3) is 0 Å². The van der Waals surface area contributed by atoms with Crippen LogP contribution in [0.2, 0.25) is 0 Å². The van der Waals surface area contributed by atoms with Crippen molar-refractivity contribution in [1.29, 1.82) is 4.78 Å². The number of alkyl halides is 3. The summed E-state index contributed by atoms with van der Waals surface area (Å²) in [4.78, 5) is 16.4. The van der Waals surface area contributed by atoms with E-state index in [1.807, 2.05) is 0 Å². The summed E-state index contributed by atoms with van der Waals surface area (Å²) in [7, 11) is -2.04. The lowest BCUT2D eigenvalue weighted by molar-refractivity contribution is -0.137. The zero-order chi connectivity index (χ0) is 25.3. The second kappa shape index (κ2) is 9.25. The summed E-state index contributed by atoms with van der Waals surface area (Å²) in [5.74, 6) is -5.19. The number of benzene rings is 2. The average molecular weight is 501 g/mol. The molecule has 1 amide bonds. The number of amides is 1. The molecule has 13 heteroatoms. The van der Waals surface area contributed by atoms with Crippen LogP contribution in [0.1, 0.15) is 15.9 Å². The van der Waals surface area contributed by atoms with Crippen molar-refractivity contribution in [3.8, 4) is 17.4 Å². The normalized spacial score (nSPS) is 13.1. The minimum atomic E-state index is -4.86. The fourth-order valence-electron chi connectivity index (χ4n) is 2.71. The van der Waals surface area contributed by atoms with Gasteiger partial charge in [-0.1, -0.05) is 6.07 Å². The van der Waals surface area contributed by atoms with Crippen LogP contribution in [0.5, 0.6) is 17.4 Å². The molecule has 1 unspecified atom stereocenters. The van der Waals surface area contributed by atoms with Crippen molar-refractivity contribution in [1.82, 2.24) is 4.98 Å². The van der Waals surface area contributed by atoms with Crippen LogP contribution in [-0.4, -0.2) is 28.5 Å². The summed E-state index contributed by atoms with van der Waals surface area (Å²) >= 11 is 0. The van der Waals surface area contributed by atoms with Gasteiger partial charge in [-0.2, -0.15) is 13.2 Å². The van der Waals surface area contributed by atoms with E-state index in [9.17, 15) is 31.0 Å². The minimum absolute atomic E-state index is 0.0226. The van der Waals surface area contributed by atoms with Crippen molar-refractivity contribution < 1.29 is 40.4 Å². The zero-order valence-corrected chi connectivity index (χ0v) is 18.3. The Morgan fingerprint density at radius 3 is 2.35 bits per heavy atom. The predicted molar refractivity (Wildman–Crippen MR) is 112 cm³/mol. The SMILES string of the molecule is COc1cc(F)c(Oc2ncc(C(F)(F)F)cc2C(=O)Nc2cccc(S(C)(=N)=O)c2)cc1F. The second-order valence-corrected chi connectivity index (χ2v) is 9.08. The summed E-state index contributed by atoms with van der Waals surface area (Å²) in [6.45, 7) is 0. The maximum absolute atomic E-state index is 14.3. The molecular weight excluding hydrogens is 485 g/mol. The molecule has 0 saturated heterocycles. The molecule has 180 valence electrons. The minimum Gasteiger partial charge on any atom is -0.494 e. The molecule has 0 radical (unpaired) electrons. The molecule has 3 aromatic rings. The summed E-state index contributed by atoms with van der Waals surface area (Å²) < 4.78 is 97.2. The van der Waals surface area contributed by atoms with Gasteiger partial charge in [0.25, 0.3) is 5.91 Å². The first-order valence-corrected chi connectivity index (χ1v) is 11.2. The molecule has 0 bridgehead atoms. The van der Waals surface area contributed by atoms with Crippen molar-refractivity contribution in [2.45, 2.75) is 11.1 Å². The number of methoxy groups -OCH3 is 1. The zero-order valence-electron chi connectivity index (χ0n) is 17.5. The molecule has 2 N–H and O–H groups in total. The monoisotopic (exact) mass is 501 g/mol. The standard InChI is InChI=1S/C21H16F5N3O4S/c1-32-17-8-16(23)18(9-15(17)22)33-20-14(6-11(10-28-20)21(24,25)26)19(30)29-12-4-3-5-13(7-12)34(2,27)31/h3-10,27H,1-2H3,(H,29,30). The van der Waals surface area contributed by atoms with Crippen LogP contribution in [0, 0.1) is 16.4 Å². The number of hydrogen-bond donors (Lipinski definition) is 2. The Kier molecular flexibility index (Phi) is 6.77. The van der Waals surface area contributed by atoms with Gasteiger partial charge in [-0.15, -0.1) is 0 Å². The van der Waals surface area contributed by atoms with Gasteiger partial charge in [-0.3, -0.25) is 4.79 Å². The molecule has 1 atom stereocenters. The Labute approximate surface area is 190 Å². The molecule has 1 aromatic heterocycles. The summed E-state index contributed by atoms with van der Waals surface area (Å²) in [6.07, 6.45) is -3.34. The Bertz CT molecular complexity index is 1360. The van der Waals surface area contributed by atoms with Crippen molar-refractivity contribution in [3.63, 3.8) is 0 Å². The number of halogens is 5. The van der Waals surface area contributed by atoms with Gasteiger partial charge in [0.05, 0.1) is 22.4 Å². The van der Waals surface area contributed by atoms with Crippen molar-refractivity contribution in [3.05, 3.63) is 71.4 Å². The van der Waals surface area contributed by atoms with E-state index < -0.39 is 62.0 Å². The molecule has 0 aliphatic heterocycles. The van der Waals surface area contributed by atoms with Crippen molar-refractivity contribution in [2.75, 3.05) is 18.7 Å². The van der Waals surface area contributed by atoms with E-state index in [1.165, 1.54) is 24.3 Å². The Morgan fingerprint density at radius 1 is 1.09 bits per heavy atom. The van der Waals surface area contributed by atoms with Gasteiger partial charge in [0.1, 0.15) is 5.56 Å². The summed E-state index contributed by atoms with van der Waals surface area (Å²) in [5, 5.41) is 2.30. The smallest absolute Gasteiger partial charge is 0.417 e. The van der Waals surface area contributed by atoms with Crippen LogP contribution < -0.4 is 14.8 Å². The van der Waals surface area contributed by atoms with Gasteiger partial charge in [0, 0.05) is 35.2 Å². The molecule has 0 aliphatic carbocycles. The third kappa shape index (κ3) is 5.60. The highest BCUT2D eigenvalue weighted by atomic mass is 32.2. The van der Waals surface area contributed by atoms with Gasteiger partial charge < -0.3 is 14.8 Å². The van der Waals surface area contributed by atoms with Crippen LogP contribution in [0.3, 0.4) is 0 Å². The number of carbonyl (C=O) groups excluding carboxylic acids is 1. The third-order valence-electron chi connectivity index (χ3n) is 4.38. The van der Waals surface area contributed by atoms with Gasteiger partial charge in [0.15, 0.2) is 23.1 Å². The van der Waals surface area contributed by atoms with E-state index in [0.717, 1.165) is 13.4 Å². The maximum atomic E-state index is 14.3. The fraction of sp³-hybridized carbons (Fsp3) is 0.143. The van der Waals surface area contributed by atoms with E-state index >= 15 is 0 Å². The number of ether oxygens (including phenoxy) is 2. The van der Waals surface area contributed by atoms with Gasteiger partial charge >= 0.3 is 6.18 Å². The number of nitrogens with one attached hydrogen (secondary N) is 2. The second-order valence-electron chi connectivity index (χ2n) is 6.92. The number of anilines is 1. The van der Waals surface area contributed by atoms with Crippen molar-refractivity contribution >= 4 is 21.3 Å². The third-order valence-corrected chi connectivity index (χ3v) is 5.53. The van der Waals surface area contributed by atoms with Gasteiger partial charge in [-0.05, 0) is 24.3 Å². The van der Waals surface area contributed by atoms with E-state index in [4.69, 9.17) is 9.52 Å². The fourth-order valence-corrected chi connectivity index (χ4v) is 3.41. The first-order chi connectivity index (χ1) is 15.8. The maximum Gasteiger partial charge on any atom is 0.417 e. The number of nitrogens with zero attached hydrogens (tertiary/aromatic N) is 1. The highest BCUT2D eigenvalue weighted by Crippen LogP contribution is 2.35. The van der Waals surface area contributed by atoms with E-state index in [0.29, 0.717) is 24.4 Å². The quantitative estimate of drug-likeness (QED) is 0.437. The van der Waals surface area contributed by atoms with Gasteiger partial charge in [0.2, 0.25) is 5.88 Å². The summed E-state index contributed by atoms with van der Waals surface area (Å²) in [6, 6.07) is 7.02. The Balaban J connectivity index is 2.03. The highest BCUT2D eigenvalue weighted by Gasteiger charge is 2.33. The van der Waals surface area contributed by atoms with Crippen LogP contribution in [-0.2, 0) is 15.9 Å². The lowest BCUT2D eigenvalue weighted by atomic mass is 10.1. The molecule has 0 saturated carbocycles. The number of carbonyl (C=O) groups is 1. The molecule has 0 spiro atoms. The molecule has 3 rings (SSSR count). The topological polar surface area (TPSA) is 101 Å². The number of hydrogen-bond acceptors (Lipinski definition) is 6. The molecule has 7 nitrogen and oxygen atoms in total. The van der Waals surface area contributed by atoms with Crippen molar-refractivity contribution in [2.24, 2.45) is 0 Å². The summed E-state index contributed by atoms with van der Waals surface area (Å²) in [5.41, 5.74) is -2.00. The van der Waals surface area contributed by atoms with E-state index in [1.54, 1.807) is 0 Å². The number of aromatic nitrogens is 1. The largest absolute Gasteiger partial charge is 0.494 e.